The van der Waals surface area contributed by atoms with E-state index in [1.807, 2.05) is 25.1 Å². The minimum absolute atomic E-state index is 0.128. The largest absolute Gasteiger partial charge is 0.378 e. The molecule has 0 fully saturated rings. The molecule has 20 heavy (non-hydrogen) atoms. The van der Waals surface area contributed by atoms with Gasteiger partial charge in [0.15, 0.2) is 0 Å². The van der Waals surface area contributed by atoms with Crippen LogP contribution >= 0.6 is 15.9 Å². The van der Waals surface area contributed by atoms with Gasteiger partial charge in [0.05, 0.1) is 17.8 Å². The second kappa shape index (κ2) is 5.25. The van der Waals surface area contributed by atoms with Crippen molar-refractivity contribution in [3.63, 3.8) is 0 Å². The van der Waals surface area contributed by atoms with Crippen molar-refractivity contribution in [3.05, 3.63) is 58.4 Å². The van der Waals surface area contributed by atoms with Gasteiger partial charge in [-0.15, -0.1) is 0 Å². The molecule has 2 aromatic carbocycles. The van der Waals surface area contributed by atoms with Crippen LogP contribution in [0.2, 0.25) is 0 Å². The first-order chi connectivity index (χ1) is 9.63. The van der Waals surface area contributed by atoms with Crippen molar-refractivity contribution >= 4 is 32.5 Å². The minimum Gasteiger partial charge on any atom is -0.378 e. The normalized spacial score (nSPS) is 12.6. The van der Waals surface area contributed by atoms with E-state index in [1.165, 1.54) is 6.07 Å². The standard InChI is InChI=1S/C15H13BrFN3/c1-9(13-7-11(16)2-4-14(13)17)19-12-3-5-15-10(6-12)8-18-20-15/h2-9,19H,1H3,(H,18,20). The van der Waals surface area contributed by atoms with Gasteiger partial charge in [-0.05, 0) is 43.3 Å². The first kappa shape index (κ1) is 13.1. The zero-order valence-corrected chi connectivity index (χ0v) is 12.4. The van der Waals surface area contributed by atoms with Crippen molar-refractivity contribution in [2.24, 2.45) is 0 Å². The van der Waals surface area contributed by atoms with Crippen molar-refractivity contribution in [3.8, 4) is 0 Å². The summed E-state index contributed by atoms with van der Waals surface area (Å²) in [5, 5.41) is 11.2. The molecule has 0 amide bonds. The lowest BCUT2D eigenvalue weighted by Gasteiger charge is -2.17. The Morgan fingerprint density at radius 1 is 1.25 bits per heavy atom. The molecule has 3 nitrogen and oxygen atoms in total. The van der Waals surface area contributed by atoms with Crippen LogP contribution in [0, 0.1) is 5.82 Å². The maximum atomic E-state index is 13.9. The maximum Gasteiger partial charge on any atom is 0.128 e. The number of halogens is 2. The van der Waals surface area contributed by atoms with Crippen LogP contribution in [0.5, 0.6) is 0 Å². The van der Waals surface area contributed by atoms with Gasteiger partial charge < -0.3 is 5.32 Å². The molecule has 0 radical (unpaired) electrons. The van der Waals surface area contributed by atoms with E-state index in [0.29, 0.717) is 5.56 Å². The highest BCUT2D eigenvalue weighted by Crippen LogP contribution is 2.26. The lowest BCUT2D eigenvalue weighted by atomic mass is 10.1. The average Bonchev–Trinajstić information content (AvgIpc) is 2.89. The molecule has 0 bridgehead atoms. The molecule has 0 aliphatic heterocycles. The van der Waals surface area contributed by atoms with Gasteiger partial charge in [0.2, 0.25) is 0 Å². The molecule has 2 N–H and O–H groups in total. The molecule has 3 aromatic rings. The van der Waals surface area contributed by atoms with E-state index in [9.17, 15) is 4.39 Å². The zero-order valence-electron chi connectivity index (χ0n) is 10.8. The van der Waals surface area contributed by atoms with Crippen molar-refractivity contribution in [2.75, 3.05) is 5.32 Å². The molecule has 102 valence electrons. The summed E-state index contributed by atoms with van der Waals surface area (Å²) < 4.78 is 14.7. The number of hydrogen-bond donors (Lipinski definition) is 2. The maximum absolute atomic E-state index is 13.9. The highest BCUT2D eigenvalue weighted by molar-refractivity contribution is 9.10. The van der Waals surface area contributed by atoms with Crippen molar-refractivity contribution in [1.29, 1.82) is 0 Å². The molecule has 0 saturated heterocycles. The molecule has 1 heterocycles. The summed E-state index contributed by atoms with van der Waals surface area (Å²) in [6, 6.07) is 10.7. The number of anilines is 1. The Balaban J connectivity index is 1.87. The third-order valence-corrected chi connectivity index (χ3v) is 3.74. The molecule has 0 saturated carbocycles. The van der Waals surface area contributed by atoms with E-state index in [4.69, 9.17) is 0 Å². The number of nitrogens with one attached hydrogen (secondary N) is 2. The SMILES string of the molecule is CC(Nc1ccc2[nH]ncc2c1)c1cc(Br)ccc1F. The van der Waals surface area contributed by atoms with Crippen LogP contribution in [0.1, 0.15) is 18.5 Å². The van der Waals surface area contributed by atoms with Crippen molar-refractivity contribution in [2.45, 2.75) is 13.0 Å². The summed E-state index contributed by atoms with van der Waals surface area (Å²) in [6.45, 7) is 1.93. The van der Waals surface area contributed by atoms with Crippen LogP contribution in [0.25, 0.3) is 10.9 Å². The van der Waals surface area contributed by atoms with Gasteiger partial charge in [-0.3, -0.25) is 5.10 Å². The fraction of sp³-hybridized carbons (Fsp3) is 0.133. The van der Waals surface area contributed by atoms with Crippen molar-refractivity contribution in [1.82, 2.24) is 10.2 Å². The highest BCUT2D eigenvalue weighted by Gasteiger charge is 2.11. The number of fused-ring (bicyclic) bond motifs is 1. The van der Waals surface area contributed by atoms with E-state index in [1.54, 1.807) is 18.3 Å². The smallest absolute Gasteiger partial charge is 0.128 e. The molecule has 1 atom stereocenters. The first-order valence-electron chi connectivity index (χ1n) is 6.28. The lowest BCUT2D eigenvalue weighted by Crippen LogP contribution is -2.08. The number of nitrogens with zero attached hydrogens (tertiary/aromatic N) is 1. The predicted molar refractivity (Wildman–Crippen MR) is 82.2 cm³/mol. The summed E-state index contributed by atoms with van der Waals surface area (Å²) in [6.07, 6.45) is 1.77. The zero-order chi connectivity index (χ0) is 14.1. The molecule has 5 heteroatoms. The third-order valence-electron chi connectivity index (χ3n) is 3.25. The minimum atomic E-state index is -0.211. The molecule has 0 aliphatic rings. The molecule has 0 aliphatic carbocycles. The van der Waals surface area contributed by atoms with Crippen LogP contribution < -0.4 is 5.32 Å². The number of H-pyrrole nitrogens is 1. The second-order valence-electron chi connectivity index (χ2n) is 4.70. The number of aromatic nitrogens is 2. The number of rotatable bonds is 3. The van der Waals surface area contributed by atoms with E-state index >= 15 is 0 Å². The molecule has 1 aromatic heterocycles. The van der Waals surface area contributed by atoms with E-state index in [-0.39, 0.29) is 11.9 Å². The molecule has 0 spiro atoms. The predicted octanol–water partition coefficient (Wildman–Crippen LogP) is 4.64. The summed E-state index contributed by atoms with van der Waals surface area (Å²) in [5.41, 5.74) is 2.55. The second-order valence-corrected chi connectivity index (χ2v) is 5.62. The van der Waals surface area contributed by atoms with Gasteiger partial charge in [0.25, 0.3) is 0 Å². The number of hydrogen-bond acceptors (Lipinski definition) is 2. The Hall–Kier alpha value is -1.88. The Morgan fingerprint density at radius 2 is 2.10 bits per heavy atom. The average molecular weight is 334 g/mol. The van der Waals surface area contributed by atoms with E-state index in [2.05, 4.69) is 31.4 Å². The van der Waals surface area contributed by atoms with Gasteiger partial charge in [-0.25, -0.2) is 4.39 Å². The Labute approximate surface area is 124 Å². The van der Waals surface area contributed by atoms with Gasteiger partial charge in [0, 0.05) is 21.1 Å². The summed E-state index contributed by atoms with van der Waals surface area (Å²) in [5.74, 6) is -0.211. The number of benzene rings is 2. The van der Waals surface area contributed by atoms with Gasteiger partial charge in [0.1, 0.15) is 5.82 Å². The molecular weight excluding hydrogens is 321 g/mol. The molecule has 3 rings (SSSR count). The van der Waals surface area contributed by atoms with Crippen LogP contribution in [0.3, 0.4) is 0 Å². The Kier molecular flexibility index (Phi) is 3.44. The van der Waals surface area contributed by atoms with Crippen LogP contribution in [-0.4, -0.2) is 10.2 Å². The van der Waals surface area contributed by atoms with E-state index in [0.717, 1.165) is 21.1 Å². The summed E-state index contributed by atoms with van der Waals surface area (Å²) in [4.78, 5) is 0. The number of aromatic amines is 1. The first-order valence-corrected chi connectivity index (χ1v) is 7.07. The Bertz CT molecular complexity index is 754. The van der Waals surface area contributed by atoms with Crippen LogP contribution in [0.4, 0.5) is 10.1 Å². The van der Waals surface area contributed by atoms with Crippen molar-refractivity contribution < 1.29 is 4.39 Å². The van der Waals surface area contributed by atoms with Gasteiger partial charge in [-0.2, -0.15) is 5.10 Å². The van der Waals surface area contributed by atoms with Gasteiger partial charge in [-0.1, -0.05) is 15.9 Å². The highest BCUT2D eigenvalue weighted by atomic mass is 79.9. The van der Waals surface area contributed by atoms with Gasteiger partial charge >= 0.3 is 0 Å². The monoisotopic (exact) mass is 333 g/mol. The molecular formula is C15H13BrFN3. The third kappa shape index (κ3) is 2.54. The summed E-state index contributed by atoms with van der Waals surface area (Å²) >= 11 is 3.37. The molecule has 1 unspecified atom stereocenters. The fourth-order valence-electron chi connectivity index (χ4n) is 2.21. The van der Waals surface area contributed by atoms with E-state index < -0.39 is 0 Å². The quantitative estimate of drug-likeness (QED) is 0.733. The summed E-state index contributed by atoms with van der Waals surface area (Å²) in [7, 11) is 0. The Morgan fingerprint density at radius 3 is 2.95 bits per heavy atom. The van der Waals surface area contributed by atoms with Crippen LogP contribution in [-0.2, 0) is 0 Å². The fourth-order valence-corrected chi connectivity index (χ4v) is 2.59. The lowest BCUT2D eigenvalue weighted by molar-refractivity contribution is 0.600. The van der Waals surface area contributed by atoms with Crippen LogP contribution in [0.15, 0.2) is 47.1 Å². The topological polar surface area (TPSA) is 40.7 Å².